The molecule has 33 heavy (non-hydrogen) atoms. The van der Waals surface area contributed by atoms with Gasteiger partial charge in [-0.25, -0.2) is 14.4 Å². The molecule has 3 N–H and O–H groups in total. The van der Waals surface area contributed by atoms with Crippen LogP contribution in [0.15, 0.2) is 48.7 Å². The Kier molecular flexibility index (Phi) is 5.35. The smallest absolute Gasteiger partial charge is 0.317 e. The summed E-state index contributed by atoms with van der Waals surface area (Å²) in [6.45, 7) is 2.95. The molecule has 3 heterocycles. The van der Waals surface area contributed by atoms with Crippen molar-refractivity contribution in [2.75, 3.05) is 37.6 Å². The Morgan fingerprint density at radius 1 is 1.09 bits per heavy atom. The van der Waals surface area contributed by atoms with Gasteiger partial charge in [0.05, 0.1) is 18.3 Å². The van der Waals surface area contributed by atoms with Gasteiger partial charge in [-0.05, 0) is 24.3 Å². The van der Waals surface area contributed by atoms with Gasteiger partial charge in [-0.1, -0.05) is 18.2 Å². The Labute approximate surface area is 188 Å². The molecule has 1 aliphatic heterocycles. The lowest BCUT2D eigenvalue weighted by atomic mass is 10.1. The van der Waals surface area contributed by atoms with Crippen molar-refractivity contribution in [3.05, 3.63) is 54.5 Å². The molecule has 4 aromatic rings. The van der Waals surface area contributed by atoms with E-state index in [1.807, 2.05) is 29.2 Å². The highest BCUT2D eigenvalue weighted by atomic mass is 19.1. The molecule has 2 aromatic carbocycles. The summed E-state index contributed by atoms with van der Waals surface area (Å²) >= 11 is 0. The normalized spacial score (nSPS) is 14.6. The third-order valence-electron chi connectivity index (χ3n) is 5.75. The summed E-state index contributed by atoms with van der Waals surface area (Å²) in [5.74, 6) is -1.56. The van der Waals surface area contributed by atoms with Gasteiger partial charge in [0.2, 0.25) is 0 Å². The summed E-state index contributed by atoms with van der Waals surface area (Å²) < 4.78 is 14.3. The van der Waals surface area contributed by atoms with Gasteiger partial charge < -0.3 is 15.1 Å². The molecule has 9 nitrogen and oxygen atoms in total. The fraction of sp³-hybridized carbons (Fsp3) is 0.217. The minimum Gasteiger partial charge on any atom is -0.507 e. The van der Waals surface area contributed by atoms with Gasteiger partial charge in [-0.15, -0.1) is 0 Å². The highest BCUT2D eigenvalue weighted by Crippen LogP contribution is 2.32. The molecule has 2 aromatic heterocycles. The Hall–Kier alpha value is -4.05. The maximum Gasteiger partial charge on any atom is 0.317 e. The minimum absolute atomic E-state index is 0.0519. The quantitative estimate of drug-likeness (QED) is 0.427. The number of nitrogens with zero attached hydrogens (tertiary/aromatic N) is 5. The molecular weight excluding hydrogens is 427 g/mol. The first kappa shape index (κ1) is 20.8. The number of nitrogens with one attached hydrogen (secondary N) is 1. The zero-order valence-corrected chi connectivity index (χ0v) is 17.6. The summed E-state index contributed by atoms with van der Waals surface area (Å²) in [7, 11) is 0. The summed E-state index contributed by atoms with van der Waals surface area (Å²) in [6.07, 6.45) is 1.52. The fourth-order valence-electron chi connectivity index (χ4n) is 4.05. The number of rotatable bonds is 5. The molecule has 1 aliphatic rings. The monoisotopic (exact) mass is 448 g/mol. The number of carboxylic acids is 1. The van der Waals surface area contributed by atoms with Crippen molar-refractivity contribution >= 4 is 22.7 Å². The van der Waals surface area contributed by atoms with E-state index in [4.69, 9.17) is 5.11 Å². The van der Waals surface area contributed by atoms with Crippen molar-refractivity contribution in [1.82, 2.24) is 25.1 Å². The Bertz CT molecular complexity index is 1300. The maximum absolute atomic E-state index is 14.3. The van der Waals surface area contributed by atoms with Crippen LogP contribution in [0, 0.1) is 5.82 Å². The predicted molar refractivity (Wildman–Crippen MR) is 120 cm³/mol. The van der Waals surface area contributed by atoms with Crippen LogP contribution in [-0.2, 0) is 4.79 Å². The van der Waals surface area contributed by atoms with E-state index in [1.54, 1.807) is 0 Å². The standard InChI is InChI=1S/C23H21FN6O3/c24-16-2-1-3-18(31)20(16)23-25-12-17-22(26-23)21(28-27-17)14-4-6-15(7-5-14)30-10-8-29(9-11-30)13-19(32)33/h1-7,12,31H,8-11,13H2,(H,27,28)(H,32,33). The van der Waals surface area contributed by atoms with E-state index in [9.17, 15) is 14.3 Å². The first-order valence-corrected chi connectivity index (χ1v) is 10.5. The number of hydrogen-bond donors (Lipinski definition) is 3. The number of piperazine rings is 1. The molecule has 0 saturated carbocycles. The number of aromatic nitrogens is 4. The van der Waals surface area contributed by atoms with Gasteiger partial charge in [0.25, 0.3) is 0 Å². The summed E-state index contributed by atoms with van der Waals surface area (Å²) in [5, 5.41) is 26.3. The van der Waals surface area contributed by atoms with Gasteiger partial charge in [0.15, 0.2) is 5.82 Å². The number of aromatic amines is 1. The van der Waals surface area contributed by atoms with Crippen molar-refractivity contribution in [2.45, 2.75) is 0 Å². The zero-order valence-electron chi connectivity index (χ0n) is 17.6. The topological polar surface area (TPSA) is 118 Å². The van der Waals surface area contributed by atoms with Crippen LogP contribution in [0.5, 0.6) is 5.75 Å². The van der Waals surface area contributed by atoms with Gasteiger partial charge in [-0.3, -0.25) is 14.8 Å². The zero-order chi connectivity index (χ0) is 22.9. The highest BCUT2D eigenvalue weighted by molar-refractivity contribution is 5.90. The molecule has 0 atom stereocenters. The molecule has 10 heteroatoms. The third-order valence-corrected chi connectivity index (χ3v) is 5.75. The number of fused-ring (bicyclic) bond motifs is 1. The van der Waals surface area contributed by atoms with E-state index in [2.05, 4.69) is 25.1 Å². The van der Waals surface area contributed by atoms with Crippen LogP contribution < -0.4 is 4.90 Å². The van der Waals surface area contributed by atoms with Crippen LogP contribution in [-0.4, -0.2) is 74.0 Å². The van der Waals surface area contributed by atoms with Gasteiger partial charge in [-0.2, -0.15) is 5.10 Å². The van der Waals surface area contributed by atoms with Gasteiger partial charge in [0, 0.05) is 37.4 Å². The van der Waals surface area contributed by atoms with Crippen LogP contribution >= 0.6 is 0 Å². The van der Waals surface area contributed by atoms with E-state index in [0.29, 0.717) is 29.8 Å². The van der Waals surface area contributed by atoms with Crippen molar-refractivity contribution in [3.63, 3.8) is 0 Å². The third kappa shape index (κ3) is 4.08. The van der Waals surface area contributed by atoms with Crippen LogP contribution in [0.25, 0.3) is 33.7 Å². The molecule has 1 fully saturated rings. The number of phenols is 1. The Balaban J connectivity index is 1.40. The summed E-state index contributed by atoms with van der Waals surface area (Å²) in [4.78, 5) is 23.7. The van der Waals surface area contributed by atoms with Crippen LogP contribution in [0.3, 0.4) is 0 Å². The lowest BCUT2D eigenvalue weighted by Crippen LogP contribution is -2.47. The second-order valence-corrected chi connectivity index (χ2v) is 7.87. The predicted octanol–water partition coefficient (Wildman–Crippen LogP) is 2.74. The van der Waals surface area contributed by atoms with E-state index in [0.717, 1.165) is 24.3 Å². The van der Waals surface area contributed by atoms with Crippen LogP contribution in [0.4, 0.5) is 10.1 Å². The van der Waals surface area contributed by atoms with Gasteiger partial charge in [0.1, 0.15) is 28.3 Å². The number of H-pyrrole nitrogens is 1. The van der Waals surface area contributed by atoms with E-state index >= 15 is 0 Å². The molecule has 0 radical (unpaired) electrons. The van der Waals surface area contributed by atoms with Crippen molar-refractivity contribution in [1.29, 1.82) is 0 Å². The number of aliphatic carboxylic acids is 1. The van der Waals surface area contributed by atoms with E-state index in [-0.39, 0.29) is 23.7 Å². The molecule has 0 unspecified atom stereocenters. The second kappa shape index (κ2) is 8.47. The number of phenolic OH excluding ortho intramolecular Hbond substituents is 1. The fourth-order valence-corrected chi connectivity index (χ4v) is 4.05. The Morgan fingerprint density at radius 3 is 2.55 bits per heavy atom. The lowest BCUT2D eigenvalue weighted by molar-refractivity contribution is -0.138. The van der Waals surface area contributed by atoms with Crippen molar-refractivity contribution < 1.29 is 19.4 Å². The number of hydrogen-bond acceptors (Lipinski definition) is 7. The molecule has 0 spiro atoms. The van der Waals surface area contributed by atoms with E-state index in [1.165, 1.54) is 24.4 Å². The summed E-state index contributed by atoms with van der Waals surface area (Å²) in [6, 6.07) is 11.9. The SMILES string of the molecule is O=C(O)CN1CCN(c2ccc(-c3n[nH]c4cnc(-c5c(O)cccc5F)nc34)cc2)CC1. The second-order valence-electron chi connectivity index (χ2n) is 7.87. The van der Waals surface area contributed by atoms with Crippen LogP contribution in [0.2, 0.25) is 0 Å². The number of halogens is 1. The molecule has 0 amide bonds. The van der Waals surface area contributed by atoms with Crippen molar-refractivity contribution in [3.8, 4) is 28.4 Å². The number of carboxylic acid groups (broad SMARTS) is 1. The first-order valence-electron chi connectivity index (χ1n) is 10.5. The molecule has 0 bridgehead atoms. The molecule has 1 saturated heterocycles. The average molecular weight is 448 g/mol. The number of anilines is 1. The molecular formula is C23H21FN6O3. The first-order chi connectivity index (χ1) is 16.0. The summed E-state index contributed by atoms with van der Waals surface area (Å²) in [5.41, 5.74) is 3.55. The largest absolute Gasteiger partial charge is 0.507 e. The van der Waals surface area contributed by atoms with Crippen molar-refractivity contribution in [2.24, 2.45) is 0 Å². The number of aromatic hydroxyl groups is 1. The van der Waals surface area contributed by atoms with E-state index < -0.39 is 11.8 Å². The number of carbonyl (C=O) groups is 1. The van der Waals surface area contributed by atoms with Gasteiger partial charge >= 0.3 is 5.97 Å². The molecule has 168 valence electrons. The lowest BCUT2D eigenvalue weighted by Gasteiger charge is -2.35. The number of benzene rings is 2. The maximum atomic E-state index is 14.3. The molecule has 5 rings (SSSR count). The minimum atomic E-state index is -0.809. The molecule has 0 aliphatic carbocycles. The average Bonchev–Trinajstić information content (AvgIpc) is 3.23. The highest BCUT2D eigenvalue weighted by Gasteiger charge is 2.20. The van der Waals surface area contributed by atoms with Crippen LogP contribution in [0.1, 0.15) is 0 Å². The Morgan fingerprint density at radius 2 is 1.85 bits per heavy atom.